The normalized spacial score (nSPS) is 12.4. The van der Waals surface area contributed by atoms with Gasteiger partial charge in [-0.25, -0.2) is 0 Å². The zero-order valence-corrected chi connectivity index (χ0v) is 16.4. The van der Waals surface area contributed by atoms with Gasteiger partial charge in [-0.15, -0.1) is 11.3 Å². The van der Waals surface area contributed by atoms with Crippen molar-refractivity contribution in [2.45, 2.75) is 33.6 Å². The van der Waals surface area contributed by atoms with Crippen molar-refractivity contribution in [2.75, 3.05) is 0 Å². The van der Waals surface area contributed by atoms with Crippen LogP contribution in [0, 0.1) is 0 Å². The van der Waals surface area contributed by atoms with Gasteiger partial charge in [-0.1, -0.05) is 43.7 Å². The average Bonchev–Trinajstić information content (AvgIpc) is 3.15. The van der Waals surface area contributed by atoms with Crippen molar-refractivity contribution in [2.24, 2.45) is 9.98 Å². The van der Waals surface area contributed by atoms with E-state index in [1.54, 1.807) is 11.3 Å². The van der Waals surface area contributed by atoms with E-state index < -0.39 is 0 Å². The molecule has 3 rings (SSSR count). The van der Waals surface area contributed by atoms with E-state index in [1.807, 2.05) is 30.3 Å². The monoisotopic (exact) mass is 360 g/mol. The summed E-state index contributed by atoms with van der Waals surface area (Å²) >= 11 is 1.74. The first-order valence-electron chi connectivity index (χ1n) is 9.01. The van der Waals surface area contributed by atoms with E-state index in [-0.39, 0.29) is 0 Å². The lowest BCUT2D eigenvalue weighted by Crippen LogP contribution is -1.90. The van der Waals surface area contributed by atoms with E-state index >= 15 is 0 Å². The predicted octanol–water partition coefficient (Wildman–Crippen LogP) is 6.98. The molecule has 0 amide bonds. The lowest BCUT2D eigenvalue weighted by molar-refractivity contribution is 0.922. The van der Waals surface area contributed by atoms with Gasteiger partial charge in [0, 0.05) is 9.75 Å². The van der Waals surface area contributed by atoms with Gasteiger partial charge in [0.2, 0.25) is 0 Å². The zero-order chi connectivity index (χ0) is 18.4. The van der Waals surface area contributed by atoms with Crippen molar-refractivity contribution >= 4 is 34.1 Å². The smallest absolute Gasteiger partial charge is 0.0633 e. The van der Waals surface area contributed by atoms with E-state index in [2.05, 4.69) is 57.2 Å². The minimum Gasteiger partial charge on any atom is -0.252 e. The summed E-state index contributed by atoms with van der Waals surface area (Å²) in [5, 5.41) is 0. The number of thiophene rings is 1. The Morgan fingerprint density at radius 2 is 1.27 bits per heavy atom. The Kier molecular flexibility index (Phi) is 6.13. The first-order valence-corrected chi connectivity index (χ1v) is 9.82. The Hall–Kier alpha value is -2.52. The molecule has 0 atom stereocenters. The molecule has 3 aromatic rings. The van der Waals surface area contributed by atoms with Crippen LogP contribution in [0.15, 0.2) is 76.7 Å². The van der Waals surface area contributed by atoms with Crippen molar-refractivity contribution in [1.82, 2.24) is 0 Å². The molecule has 1 aromatic heterocycles. The quantitative estimate of drug-likeness (QED) is 0.424. The number of benzene rings is 2. The number of aryl methyl sites for hydroxylation is 1. The summed E-state index contributed by atoms with van der Waals surface area (Å²) in [6, 6.07) is 22.9. The molecule has 2 aromatic carbocycles. The second-order valence-corrected chi connectivity index (χ2v) is 7.39. The molecule has 0 radical (unpaired) electrons. The highest BCUT2D eigenvalue weighted by atomic mass is 32.1. The summed E-state index contributed by atoms with van der Waals surface area (Å²) in [5.41, 5.74) is 5.43. The largest absolute Gasteiger partial charge is 0.252 e. The van der Waals surface area contributed by atoms with Crippen LogP contribution >= 0.6 is 11.3 Å². The molecule has 26 heavy (non-hydrogen) atoms. The maximum atomic E-state index is 4.77. The van der Waals surface area contributed by atoms with Gasteiger partial charge >= 0.3 is 0 Å². The van der Waals surface area contributed by atoms with E-state index in [0.717, 1.165) is 29.2 Å². The van der Waals surface area contributed by atoms with Crippen molar-refractivity contribution in [3.63, 3.8) is 0 Å². The molecule has 0 unspecified atom stereocenters. The van der Waals surface area contributed by atoms with Crippen molar-refractivity contribution < 1.29 is 0 Å². The van der Waals surface area contributed by atoms with Crippen LogP contribution in [-0.4, -0.2) is 11.4 Å². The van der Waals surface area contributed by atoms with Crippen LogP contribution < -0.4 is 0 Å². The number of rotatable bonds is 6. The Morgan fingerprint density at radius 3 is 1.81 bits per heavy atom. The Bertz CT molecular complexity index is 903. The van der Waals surface area contributed by atoms with E-state index in [1.165, 1.54) is 21.7 Å². The Labute approximate surface area is 160 Å². The third-order valence-electron chi connectivity index (χ3n) is 4.14. The minimum atomic E-state index is 0.984. The molecular formula is C23H24N2S. The van der Waals surface area contributed by atoms with Gasteiger partial charge in [-0.05, 0) is 62.2 Å². The lowest BCUT2D eigenvalue weighted by atomic mass is 10.1. The van der Waals surface area contributed by atoms with Gasteiger partial charge in [0.15, 0.2) is 0 Å². The molecule has 0 N–H and O–H groups in total. The summed E-state index contributed by atoms with van der Waals surface area (Å²) in [7, 11) is 0. The van der Waals surface area contributed by atoms with E-state index in [0.29, 0.717) is 0 Å². The van der Waals surface area contributed by atoms with Gasteiger partial charge < -0.3 is 0 Å². The SMILES string of the molecule is CCCc1ccc(N=C(C)c2ccc(C(C)=Nc3ccccc3)s2)cc1. The highest BCUT2D eigenvalue weighted by Crippen LogP contribution is 2.23. The van der Waals surface area contributed by atoms with Crippen molar-refractivity contribution in [3.8, 4) is 0 Å². The van der Waals surface area contributed by atoms with Crippen LogP contribution in [0.25, 0.3) is 0 Å². The molecule has 0 saturated carbocycles. The highest BCUT2D eigenvalue weighted by molar-refractivity contribution is 7.16. The number of hydrogen-bond acceptors (Lipinski definition) is 3. The van der Waals surface area contributed by atoms with Gasteiger partial charge in [-0.3, -0.25) is 9.98 Å². The predicted molar refractivity (Wildman–Crippen MR) is 115 cm³/mol. The second kappa shape index (κ2) is 8.72. The molecule has 0 bridgehead atoms. The standard InChI is InChI=1S/C23H24N2S/c1-4-8-19-11-13-21(14-12-19)25-18(3)23-16-15-22(26-23)17(2)24-20-9-6-5-7-10-20/h5-7,9-16H,4,8H2,1-3H3. The summed E-state index contributed by atoms with van der Waals surface area (Å²) in [6.07, 6.45) is 2.29. The molecular weight excluding hydrogens is 336 g/mol. The summed E-state index contributed by atoms with van der Waals surface area (Å²) in [4.78, 5) is 11.8. The van der Waals surface area contributed by atoms with Crippen molar-refractivity contribution in [3.05, 3.63) is 82.0 Å². The number of nitrogens with zero attached hydrogens (tertiary/aromatic N) is 2. The molecule has 0 saturated heterocycles. The fourth-order valence-electron chi connectivity index (χ4n) is 2.75. The molecule has 0 aliphatic heterocycles. The maximum Gasteiger partial charge on any atom is 0.0633 e. The lowest BCUT2D eigenvalue weighted by Gasteiger charge is -2.01. The topological polar surface area (TPSA) is 24.7 Å². The molecule has 0 aliphatic carbocycles. The van der Waals surface area contributed by atoms with Crippen LogP contribution in [0.3, 0.4) is 0 Å². The van der Waals surface area contributed by atoms with E-state index in [9.17, 15) is 0 Å². The third kappa shape index (κ3) is 4.77. The summed E-state index contributed by atoms with van der Waals surface area (Å²) in [5.74, 6) is 0. The van der Waals surface area contributed by atoms with Crippen LogP contribution in [-0.2, 0) is 6.42 Å². The number of hydrogen-bond donors (Lipinski definition) is 0. The third-order valence-corrected chi connectivity index (χ3v) is 5.45. The fourth-order valence-corrected chi connectivity index (χ4v) is 3.65. The zero-order valence-electron chi connectivity index (χ0n) is 15.6. The average molecular weight is 361 g/mol. The second-order valence-electron chi connectivity index (χ2n) is 6.31. The first kappa shape index (κ1) is 18.3. The van der Waals surface area contributed by atoms with Gasteiger partial charge in [-0.2, -0.15) is 0 Å². The van der Waals surface area contributed by atoms with Crippen molar-refractivity contribution in [1.29, 1.82) is 0 Å². The van der Waals surface area contributed by atoms with Gasteiger partial charge in [0.1, 0.15) is 0 Å². The van der Waals surface area contributed by atoms with Gasteiger partial charge in [0.05, 0.1) is 22.8 Å². The first-order chi connectivity index (χ1) is 12.7. The molecule has 2 nitrogen and oxygen atoms in total. The summed E-state index contributed by atoms with van der Waals surface area (Å²) in [6.45, 7) is 6.33. The van der Waals surface area contributed by atoms with Gasteiger partial charge in [0.25, 0.3) is 0 Å². The molecule has 1 heterocycles. The van der Waals surface area contributed by atoms with E-state index in [4.69, 9.17) is 9.98 Å². The van der Waals surface area contributed by atoms with Crippen LogP contribution in [0.2, 0.25) is 0 Å². The molecule has 0 fully saturated rings. The number of para-hydroxylation sites is 1. The Balaban J connectivity index is 1.77. The number of aliphatic imine (C=N–C) groups is 2. The minimum absolute atomic E-state index is 0.984. The molecule has 132 valence electrons. The van der Waals surface area contributed by atoms with Crippen LogP contribution in [0.1, 0.15) is 42.5 Å². The Morgan fingerprint density at radius 1 is 0.731 bits per heavy atom. The van der Waals surface area contributed by atoms with Crippen LogP contribution in [0.5, 0.6) is 0 Å². The maximum absolute atomic E-state index is 4.77. The fraction of sp³-hybridized carbons (Fsp3) is 0.217. The molecule has 3 heteroatoms. The molecule has 0 spiro atoms. The molecule has 0 aliphatic rings. The van der Waals surface area contributed by atoms with Crippen LogP contribution in [0.4, 0.5) is 11.4 Å². The summed E-state index contributed by atoms with van der Waals surface area (Å²) < 4.78 is 0. The highest BCUT2D eigenvalue weighted by Gasteiger charge is 2.06.